The van der Waals surface area contributed by atoms with Crippen LogP contribution in [0.2, 0.25) is 0 Å². The van der Waals surface area contributed by atoms with Gasteiger partial charge in [-0.1, -0.05) is 6.07 Å². The van der Waals surface area contributed by atoms with E-state index in [1.54, 1.807) is 0 Å². The first-order chi connectivity index (χ1) is 10.6. The molecule has 10 heteroatoms. The van der Waals surface area contributed by atoms with E-state index < -0.39 is 52.9 Å². The highest BCUT2D eigenvalue weighted by molar-refractivity contribution is 6.44. The standard InChI is InChI=1S/C13H10Cl2F4O4/c14-9(15)6-22-10(20)4-5-11(21)23-8-3-1-2-7(12(8)16)13(17,18)19/h1-3,9H,4-6H2. The molecule has 0 unspecified atom stereocenters. The second-order valence-corrected chi connectivity index (χ2v) is 5.44. The van der Waals surface area contributed by atoms with E-state index in [9.17, 15) is 27.2 Å². The summed E-state index contributed by atoms with van der Waals surface area (Å²) in [6.07, 6.45) is -5.85. The molecule has 23 heavy (non-hydrogen) atoms. The average molecular weight is 377 g/mol. The first kappa shape index (κ1) is 19.5. The number of halogens is 6. The minimum absolute atomic E-state index is 0.279. The normalized spacial score (nSPS) is 11.4. The lowest BCUT2D eigenvalue weighted by Gasteiger charge is -2.11. The smallest absolute Gasteiger partial charge is 0.419 e. The maximum absolute atomic E-state index is 13.6. The summed E-state index contributed by atoms with van der Waals surface area (Å²) in [5, 5.41) is 0. The molecule has 0 heterocycles. The number of alkyl halides is 5. The monoisotopic (exact) mass is 376 g/mol. The van der Waals surface area contributed by atoms with Crippen molar-refractivity contribution in [3.8, 4) is 5.75 Å². The van der Waals surface area contributed by atoms with Gasteiger partial charge in [0.1, 0.15) is 11.4 Å². The van der Waals surface area contributed by atoms with Crippen molar-refractivity contribution in [1.82, 2.24) is 0 Å². The minimum atomic E-state index is -4.92. The summed E-state index contributed by atoms with van der Waals surface area (Å²) < 4.78 is 60.2. The molecule has 1 rings (SSSR count). The van der Waals surface area contributed by atoms with E-state index in [2.05, 4.69) is 9.47 Å². The number of carbonyl (C=O) groups is 2. The number of benzene rings is 1. The van der Waals surface area contributed by atoms with E-state index in [4.69, 9.17) is 23.2 Å². The van der Waals surface area contributed by atoms with E-state index in [0.717, 1.165) is 12.1 Å². The van der Waals surface area contributed by atoms with Gasteiger partial charge in [-0.2, -0.15) is 13.2 Å². The van der Waals surface area contributed by atoms with Crippen molar-refractivity contribution < 1.29 is 36.6 Å². The highest BCUT2D eigenvalue weighted by atomic mass is 35.5. The van der Waals surface area contributed by atoms with Crippen LogP contribution in [0.1, 0.15) is 18.4 Å². The molecule has 0 atom stereocenters. The Bertz CT molecular complexity index is 576. The predicted molar refractivity (Wildman–Crippen MR) is 72.7 cm³/mol. The molecule has 128 valence electrons. The number of hydrogen-bond donors (Lipinski definition) is 0. The molecule has 0 aliphatic heterocycles. The molecule has 0 aliphatic carbocycles. The van der Waals surface area contributed by atoms with Gasteiger partial charge in [0, 0.05) is 0 Å². The van der Waals surface area contributed by atoms with E-state index in [1.165, 1.54) is 0 Å². The van der Waals surface area contributed by atoms with Gasteiger partial charge < -0.3 is 9.47 Å². The SMILES string of the molecule is O=C(CCC(=O)Oc1cccc(C(F)(F)F)c1F)OCC(Cl)Cl. The molecule has 0 spiro atoms. The molecule has 0 saturated heterocycles. The summed E-state index contributed by atoms with van der Waals surface area (Å²) in [5.41, 5.74) is -1.56. The molecule has 0 amide bonds. The van der Waals surface area contributed by atoms with Gasteiger partial charge >= 0.3 is 18.1 Å². The molecular formula is C13H10Cl2F4O4. The fraction of sp³-hybridized carbons (Fsp3) is 0.385. The molecule has 0 saturated carbocycles. The first-order valence-electron chi connectivity index (χ1n) is 6.11. The van der Waals surface area contributed by atoms with Gasteiger partial charge in [-0.25, -0.2) is 4.39 Å². The third-order valence-electron chi connectivity index (χ3n) is 2.40. The van der Waals surface area contributed by atoms with Crippen LogP contribution < -0.4 is 4.74 Å². The fourth-order valence-corrected chi connectivity index (χ4v) is 1.54. The van der Waals surface area contributed by atoms with Gasteiger partial charge in [0.15, 0.2) is 11.6 Å². The number of hydrogen-bond acceptors (Lipinski definition) is 4. The Morgan fingerprint density at radius 2 is 1.74 bits per heavy atom. The molecule has 4 nitrogen and oxygen atoms in total. The van der Waals surface area contributed by atoms with Crippen LogP contribution >= 0.6 is 23.2 Å². The molecular weight excluding hydrogens is 367 g/mol. The minimum Gasteiger partial charge on any atom is -0.463 e. The van der Waals surface area contributed by atoms with Gasteiger partial charge in [-0.15, -0.1) is 23.2 Å². The van der Waals surface area contributed by atoms with Gasteiger partial charge in [0.25, 0.3) is 0 Å². The third kappa shape index (κ3) is 6.62. The number of ether oxygens (including phenoxy) is 2. The quantitative estimate of drug-likeness (QED) is 0.327. The molecule has 0 N–H and O–H groups in total. The van der Waals surface area contributed by atoms with Crippen molar-refractivity contribution in [1.29, 1.82) is 0 Å². The van der Waals surface area contributed by atoms with Crippen molar-refractivity contribution >= 4 is 35.1 Å². The molecule has 0 fully saturated rings. The van der Waals surface area contributed by atoms with Crippen molar-refractivity contribution in [2.75, 3.05) is 6.61 Å². The topological polar surface area (TPSA) is 52.6 Å². The van der Waals surface area contributed by atoms with Crippen molar-refractivity contribution in [2.24, 2.45) is 0 Å². The van der Waals surface area contributed by atoms with Crippen molar-refractivity contribution in [3.05, 3.63) is 29.6 Å². The van der Waals surface area contributed by atoms with Crippen LogP contribution in [0.3, 0.4) is 0 Å². The van der Waals surface area contributed by atoms with Crippen LogP contribution in [0.25, 0.3) is 0 Å². The molecule has 0 aromatic heterocycles. The molecule has 0 bridgehead atoms. The lowest BCUT2D eigenvalue weighted by atomic mass is 10.2. The van der Waals surface area contributed by atoms with Crippen LogP contribution in [0, 0.1) is 5.82 Å². The van der Waals surface area contributed by atoms with Crippen LogP contribution in [-0.4, -0.2) is 23.4 Å². The fourth-order valence-electron chi connectivity index (χ4n) is 1.41. The van der Waals surface area contributed by atoms with Crippen LogP contribution in [0.4, 0.5) is 17.6 Å². The first-order valence-corrected chi connectivity index (χ1v) is 6.98. The lowest BCUT2D eigenvalue weighted by molar-refractivity contribution is -0.146. The Kier molecular flexibility index (Phi) is 7.08. The van der Waals surface area contributed by atoms with E-state index in [1.807, 2.05) is 0 Å². The van der Waals surface area contributed by atoms with Gasteiger partial charge in [-0.05, 0) is 12.1 Å². The van der Waals surface area contributed by atoms with Crippen LogP contribution in [0.5, 0.6) is 5.75 Å². The summed E-state index contributed by atoms with van der Waals surface area (Å²) in [6.45, 7) is -0.279. The van der Waals surface area contributed by atoms with Gasteiger partial charge in [-0.3, -0.25) is 9.59 Å². The second kappa shape index (κ2) is 8.35. The summed E-state index contributed by atoms with van der Waals surface area (Å²) >= 11 is 10.6. The zero-order valence-corrected chi connectivity index (χ0v) is 12.8. The van der Waals surface area contributed by atoms with Crippen molar-refractivity contribution in [3.63, 3.8) is 0 Å². The zero-order chi connectivity index (χ0) is 17.6. The number of rotatable bonds is 6. The second-order valence-electron chi connectivity index (χ2n) is 4.16. The van der Waals surface area contributed by atoms with Gasteiger partial charge in [0.2, 0.25) is 0 Å². The largest absolute Gasteiger partial charge is 0.463 e. The maximum atomic E-state index is 13.6. The predicted octanol–water partition coefficient (Wildman–Crippen LogP) is 3.88. The Labute approximate surface area is 138 Å². The Balaban J connectivity index is 2.60. The summed E-state index contributed by atoms with van der Waals surface area (Å²) in [7, 11) is 0. The summed E-state index contributed by atoms with van der Waals surface area (Å²) in [4.78, 5) is 21.7. The summed E-state index contributed by atoms with van der Waals surface area (Å²) in [5.74, 6) is -4.48. The van der Waals surface area contributed by atoms with E-state index in [0.29, 0.717) is 6.07 Å². The molecule has 0 radical (unpaired) electrons. The molecule has 0 aliphatic rings. The van der Waals surface area contributed by atoms with E-state index >= 15 is 0 Å². The Hall–Kier alpha value is -1.54. The van der Waals surface area contributed by atoms with E-state index in [-0.39, 0.29) is 6.61 Å². The maximum Gasteiger partial charge on any atom is 0.419 e. The Morgan fingerprint density at radius 3 is 2.30 bits per heavy atom. The highest BCUT2D eigenvalue weighted by Crippen LogP contribution is 2.34. The van der Waals surface area contributed by atoms with Crippen molar-refractivity contribution in [2.45, 2.75) is 23.9 Å². The molecule has 1 aromatic rings. The number of esters is 2. The third-order valence-corrected chi connectivity index (χ3v) is 2.65. The average Bonchev–Trinajstić information content (AvgIpc) is 2.43. The van der Waals surface area contributed by atoms with Crippen LogP contribution in [0.15, 0.2) is 18.2 Å². The Morgan fingerprint density at radius 1 is 1.13 bits per heavy atom. The lowest BCUT2D eigenvalue weighted by Crippen LogP contribution is -2.16. The number of carbonyl (C=O) groups excluding carboxylic acids is 2. The van der Waals surface area contributed by atoms with Crippen LogP contribution in [-0.2, 0) is 20.5 Å². The molecule has 1 aromatic carbocycles. The zero-order valence-electron chi connectivity index (χ0n) is 11.3. The highest BCUT2D eigenvalue weighted by Gasteiger charge is 2.35. The van der Waals surface area contributed by atoms with Gasteiger partial charge in [0.05, 0.1) is 18.4 Å². The summed E-state index contributed by atoms with van der Waals surface area (Å²) in [6, 6.07) is 2.27.